The van der Waals surface area contributed by atoms with Crippen molar-refractivity contribution in [2.24, 2.45) is 17.8 Å². The van der Waals surface area contributed by atoms with Gasteiger partial charge in [0.15, 0.2) is 0 Å². The third-order valence-corrected chi connectivity index (χ3v) is 10.2. The summed E-state index contributed by atoms with van der Waals surface area (Å²) in [7, 11) is 1.82. The molecule has 0 radical (unpaired) electrons. The molecule has 1 heterocycles. The summed E-state index contributed by atoms with van der Waals surface area (Å²) in [5, 5.41) is 4.13. The number of benzene rings is 3. The summed E-state index contributed by atoms with van der Waals surface area (Å²) < 4.78 is 5.93. The highest BCUT2D eigenvalue weighted by Crippen LogP contribution is 2.62. The van der Waals surface area contributed by atoms with Crippen molar-refractivity contribution in [2.75, 3.05) is 7.11 Å². The van der Waals surface area contributed by atoms with Gasteiger partial charge < -0.3 is 4.74 Å². The zero-order valence-electron chi connectivity index (χ0n) is 20.6. The third-order valence-electron chi connectivity index (χ3n) is 9.24. The second-order valence-corrected chi connectivity index (χ2v) is 12.8. The second kappa shape index (κ2) is 8.37. The van der Waals surface area contributed by atoms with E-state index in [9.17, 15) is 9.59 Å². The van der Waals surface area contributed by atoms with E-state index in [4.69, 9.17) is 4.74 Å². The third kappa shape index (κ3) is 3.75. The monoisotopic (exact) mass is 497 g/mol. The predicted molar refractivity (Wildman–Crippen MR) is 144 cm³/mol. The Morgan fingerprint density at radius 3 is 2.17 bits per heavy atom. The first-order chi connectivity index (χ1) is 17.5. The summed E-state index contributed by atoms with van der Waals surface area (Å²) in [5.74, 6) is 3.55. The van der Waals surface area contributed by atoms with Crippen molar-refractivity contribution in [1.82, 2.24) is 5.32 Å². The van der Waals surface area contributed by atoms with E-state index in [-0.39, 0.29) is 21.8 Å². The molecular formula is C31H31NO3S. The minimum atomic E-state index is -0.337. The van der Waals surface area contributed by atoms with Crippen molar-refractivity contribution in [1.29, 1.82) is 0 Å². The number of hydrogen-bond donors (Lipinski definition) is 1. The molecule has 5 aliphatic rings. The number of fused-ring (bicyclic) bond motifs is 1. The SMILES string of the molecule is COc1ccc(-c2ccc3cc(CC4SC(=O)NC4=O)ccc3c2)cc1C12CC3CC(CC(C3)C1)C2. The maximum Gasteiger partial charge on any atom is 0.286 e. The van der Waals surface area contributed by atoms with Crippen LogP contribution in [0.25, 0.3) is 21.9 Å². The zero-order valence-corrected chi connectivity index (χ0v) is 21.4. The molecule has 4 saturated carbocycles. The van der Waals surface area contributed by atoms with E-state index in [0.29, 0.717) is 6.42 Å². The molecular weight excluding hydrogens is 466 g/mol. The van der Waals surface area contributed by atoms with Crippen molar-refractivity contribution in [3.8, 4) is 16.9 Å². The van der Waals surface area contributed by atoms with Gasteiger partial charge >= 0.3 is 0 Å². The van der Waals surface area contributed by atoms with E-state index in [2.05, 4.69) is 59.9 Å². The number of methoxy groups -OCH3 is 1. The summed E-state index contributed by atoms with van der Waals surface area (Å²) in [6.45, 7) is 0. The van der Waals surface area contributed by atoms with Gasteiger partial charge in [-0.05, 0) is 114 Å². The fraction of sp³-hybridized carbons (Fsp3) is 0.419. The Bertz CT molecular complexity index is 1360. The Morgan fingerprint density at radius 2 is 1.50 bits per heavy atom. The van der Waals surface area contributed by atoms with E-state index >= 15 is 0 Å². The Morgan fingerprint density at radius 1 is 0.861 bits per heavy atom. The lowest BCUT2D eigenvalue weighted by atomic mass is 9.48. The number of imide groups is 1. The van der Waals surface area contributed by atoms with E-state index in [1.807, 2.05) is 7.11 Å². The fourth-order valence-electron chi connectivity index (χ4n) is 8.09. The minimum absolute atomic E-state index is 0.185. The van der Waals surface area contributed by atoms with Gasteiger partial charge in [0.2, 0.25) is 5.91 Å². The van der Waals surface area contributed by atoms with Crippen molar-refractivity contribution in [3.05, 3.63) is 65.7 Å². The van der Waals surface area contributed by atoms with Crippen molar-refractivity contribution < 1.29 is 14.3 Å². The van der Waals surface area contributed by atoms with Crippen LogP contribution in [0.15, 0.2) is 54.6 Å². The van der Waals surface area contributed by atoms with Gasteiger partial charge in [-0.15, -0.1) is 0 Å². The number of nitrogens with one attached hydrogen (secondary N) is 1. The highest BCUT2D eigenvalue weighted by Gasteiger charge is 2.52. The van der Waals surface area contributed by atoms with Crippen LogP contribution in [-0.2, 0) is 16.6 Å². The number of thioether (sulfide) groups is 1. The average molecular weight is 498 g/mol. The lowest BCUT2D eigenvalue weighted by Crippen LogP contribution is -2.48. The molecule has 36 heavy (non-hydrogen) atoms. The Labute approximate surface area is 216 Å². The first-order valence-corrected chi connectivity index (χ1v) is 14.1. The molecule has 1 atom stereocenters. The molecule has 2 amide bonds. The van der Waals surface area contributed by atoms with E-state index in [0.717, 1.165) is 46.2 Å². The van der Waals surface area contributed by atoms with Crippen LogP contribution in [0.4, 0.5) is 4.79 Å². The number of ether oxygens (including phenoxy) is 1. The van der Waals surface area contributed by atoms with Crippen LogP contribution >= 0.6 is 11.8 Å². The smallest absolute Gasteiger partial charge is 0.286 e. The molecule has 4 aliphatic carbocycles. The highest BCUT2D eigenvalue weighted by molar-refractivity contribution is 8.15. The molecule has 4 bridgehead atoms. The summed E-state index contributed by atoms with van der Waals surface area (Å²) in [5.41, 5.74) is 5.27. The summed E-state index contributed by atoms with van der Waals surface area (Å²) in [6, 6.07) is 19.8. The Hall–Kier alpha value is -2.79. The highest BCUT2D eigenvalue weighted by atomic mass is 32.2. The molecule has 8 rings (SSSR count). The largest absolute Gasteiger partial charge is 0.496 e. The van der Waals surface area contributed by atoms with Crippen molar-refractivity contribution in [2.45, 2.75) is 55.6 Å². The molecule has 184 valence electrons. The fourth-order valence-corrected chi connectivity index (χ4v) is 8.95. The van der Waals surface area contributed by atoms with Crippen LogP contribution in [0.5, 0.6) is 5.75 Å². The molecule has 0 aromatic heterocycles. The van der Waals surface area contributed by atoms with E-state index < -0.39 is 0 Å². The number of carbonyl (C=O) groups excluding carboxylic acids is 2. The maximum absolute atomic E-state index is 12.0. The normalized spacial score (nSPS) is 30.7. The molecule has 5 heteroatoms. The second-order valence-electron chi connectivity index (χ2n) is 11.6. The summed E-state index contributed by atoms with van der Waals surface area (Å²) in [4.78, 5) is 23.5. The number of hydrogen-bond acceptors (Lipinski definition) is 4. The topological polar surface area (TPSA) is 55.4 Å². The van der Waals surface area contributed by atoms with Crippen LogP contribution < -0.4 is 10.1 Å². The molecule has 5 fully saturated rings. The molecule has 1 aliphatic heterocycles. The van der Waals surface area contributed by atoms with Gasteiger partial charge in [0, 0.05) is 5.56 Å². The number of amides is 2. The standard InChI is InChI=1S/C31H31NO3S/c1-35-27-7-6-25(14-26(27)31-15-19-8-20(16-31)10-21(9-19)17-31)24-5-4-22-11-18(2-3-23(22)13-24)12-28-29(33)32-30(34)36-28/h2-7,11,13-14,19-21,28H,8-10,12,15-17H2,1H3,(H,32,33,34). The van der Waals surface area contributed by atoms with Gasteiger partial charge in [-0.1, -0.05) is 48.2 Å². The molecule has 3 aromatic rings. The van der Waals surface area contributed by atoms with Gasteiger partial charge in [-0.3, -0.25) is 14.9 Å². The van der Waals surface area contributed by atoms with Crippen LogP contribution in [0.3, 0.4) is 0 Å². The maximum atomic E-state index is 12.0. The lowest BCUT2D eigenvalue weighted by Gasteiger charge is -2.57. The van der Waals surface area contributed by atoms with Gasteiger partial charge in [0.05, 0.1) is 12.4 Å². The molecule has 1 saturated heterocycles. The molecule has 0 spiro atoms. The quantitative estimate of drug-likeness (QED) is 0.418. The van der Waals surface area contributed by atoms with Crippen LogP contribution in [-0.4, -0.2) is 23.5 Å². The predicted octanol–water partition coefficient (Wildman–Crippen LogP) is 6.88. The van der Waals surface area contributed by atoms with Crippen LogP contribution in [0, 0.1) is 17.8 Å². The average Bonchev–Trinajstić information content (AvgIpc) is 3.18. The van der Waals surface area contributed by atoms with E-state index in [1.54, 1.807) is 0 Å². The summed E-state index contributed by atoms with van der Waals surface area (Å²) >= 11 is 1.09. The number of carbonyl (C=O) groups is 2. The van der Waals surface area contributed by atoms with Crippen molar-refractivity contribution >= 4 is 33.7 Å². The van der Waals surface area contributed by atoms with Gasteiger partial charge in [-0.25, -0.2) is 0 Å². The first kappa shape index (κ1) is 22.4. The molecule has 1 unspecified atom stereocenters. The Kier molecular flexibility index (Phi) is 5.21. The Balaban J connectivity index is 1.21. The molecule has 3 aromatic carbocycles. The summed E-state index contributed by atoms with van der Waals surface area (Å²) in [6.07, 6.45) is 8.84. The first-order valence-electron chi connectivity index (χ1n) is 13.2. The molecule has 4 nitrogen and oxygen atoms in total. The zero-order chi connectivity index (χ0) is 24.4. The molecule has 1 N–H and O–H groups in total. The van der Waals surface area contributed by atoms with Crippen molar-refractivity contribution in [3.63, 3.8) is 0 Å². The number of rotatable bonds is 5. The minimum Gasteiger partial charge on any atom is -0.496 e. The van der Waals surface area contributed by atoms with Gasteiger partial charge in [0.25, 0.3) is 5.24 Å². The van der Waals surface area contributed by atoms with Gasteiger partial charge in [-0.2, -0.15) is 0 Å². The van der Waals surface area contributed by atoms with Crippen LogP contribution in [0.1, 0.15) is 49.7 Å². The van der Waals surface area contributed by atoms with E-state index in [1.165, 1.54) is 60.6 Å². The van der Waals surface area contributed by atoms with Gasteiger partial charge in [0.1, 0.15) is 5.75 Å². The lowest BCUT2D eigenvalue weighted by molar-refractivity contribution is -0.118. The van der Waals surface area contributed by atoms with Crippen LogP contribution in [0.2, 0.25) is 0 Å².